The van der Waals surface area contributed by atoms with Crippen LogP contribution in [-0.4, -0.2) is 28.6 Å². The topological polar surface area (TPSA) is 101 Å². The summed E-state index contributed by atoms with van der Waals surface area (Å²) in [6.45, 7) is 5.34. The lowest BCUT2D eigenvalue weighted by Crippen LogP contribution is -2.14. The smallest absolute Gasteiger partial charge is 0.347 e. The minimum absolute atomic E-state index is 0.0857. The zero-order valence-electron chi connectivity index (χ0n) is 18.9. The number of aryl methyl sites for hydroxylation is 1. The van der Waals surface area contributed by atoms with E-state index in [2.05, 4.69) is 34.8 Å². The third-order valence-corrected chi connectivity index (χ3v) is 6.07. The number of nitrogens with zero attached hydrogens (tertiary/aromatic N) is 1. The monoisotopic (exact) mass is 523 g/mol. The molecule has 0 spiro atoms. The normalized spacial score (nSPS) is 10.4. The number of nitrogens with one attached hydrogen (secondary N) is 2. The molecular formula is C24H27Cl2N3O4S. The molecule has 0 radical (unpaired) electrons. The van der Waals surface area contributed by atoms with Crippen LogP contribution in [0.15, 0.2) is 48.5 Å². The first-order valence-corrected chi connectivity index (χ1v) is 12.2. The average Bonchev–Trinajstić information content (AvgIpc) is 3.17. The lowest BCUT2D eigenvalue weighted by atomic mass is 10.2. The first-order chi connectivity index (χ1) is 16.3. The number of hydroxylamine groups is 1. The number of unbranched alkanes of at least 4 members (excludes halogenated alkanes) is 2. The maximum atomic E-state index is 12.0. The van der Waals surface area contributed by atoms with Crippen LogP contribution in [0.3, 0.4) is 0 Å². The molecule has 10 heteroatoms. The lowest BCUT2D eigenvalue weighted by molar-refractivity contribution is 0.0342. The highest BCUT2D eigenvalue weighted by Gasteiger charge is 2.17. The van der Waals surface area contributed by atoms with Gasteiger partial charge in [-0.05, 0) is 37.1 Å². The molecule has 1 aromatic heterocycles. The number of amides is 1. The fourth-order valence-corrected chi connectivity index (χ4v) is 4.01. The highest BCUT2D eigenvalue weighted by molar-refractivity contribution is 7.17. The highest BCUT2D eigenvalue weighted by Crippen LogP contribution is 2.25. The number of carboxylic acids is 1. The van der Waals surface area contributed by atoms with Crippen LogP contribution in [0.5, 0.6) is 0 Å². The number of thiazole rings is 1. The molecule has 0 saturated carbocycles. The zero-order valence-corrected chi connectivity index (χ0v) is 21.3. The Bertz CT molecular complexity index is 1080. The highest BCUT2D eigenvalue weighted by atomic mass is 35.5. The number of anilines is 1. The van der Waals surface area contributed by atoms with E-state index in [1.165, 1.54) is 36.6 Å². The predicted octanol–water partition coefficient (Wildman–Crippen LogP) is 6.61. The van der Waals surface area contributed by atoms with Crippen LogP contribution < -0.4 is 10.8 Å². The van der Waals surface area contributed by atoms with E-state index in [-0.39, 0.29) is 20.6 Å². The Hall–Kier alpha value is -2.49. The van der Waals surface area contributed by atoms with Crippen molar-refractivity contribution in [3.63, 3.8) is 0 Å². The predicted molar refractivity (Wildman–Crippen MR) is 137 cm³/mol. The second-order valence-corrected chi connectivity index (χ2v) is 9.02. The molecule has 7 nitrogen and oxygen atoms in total. The Balaban J connectivity index is 0.000000257. The van der Waals surface area contributed by atoms with Gasteiger partial charge in [0.1, 0.15) is 4.88 Å². The fraction of sp³-hybridized carbons (Fsp3) is 0.292. The van der Waals surface area contributed by atoms with E-state index in [1.807, 2.05) is 18.2 Å². The van der Waals surface area contributed by atoms with Gasteiger partial charge in [0.2, 0.25) is 0 Å². The van der Waals surface area contributed by atoms with Crippen molar-refractivity contribution in [3.05, 3.63) is 80.3 Å². The van der Waals surface area contributed by atoms with E-state index in [9.17, 15) is 9.59 Å². The zero-order chi connectivity index (χ0) is 24.9. The van der Waals surface area contributed by atoms with Gasteiger partial charge in [0.15, 0.2) is 5.13 Å². The molecule has 0 atom stereocenters. The molecule has 0 aliphatic carbocycles. The quantitative estimate of drug-likeness (QED) is 0.204. The van der Waals surface area contributed by atoms with Crippen LogP contribution in [0.2, 0.25) is 10.0 Å². The Labute approximate surface area is 213 Å². The van der Waals surface area contributed by atoms with Crippen molar-refractivity contribution < 1.29 is 19.5 Å². The number of halogens is 2. The minimum atomic E-state index is -1.08. The van der Waals surface area contributed by atoms with Gasteiger partial charge in [0.25, 0.3) is 5.91 Å². The first kappa shape index (κ1) is 27.8. The molecule has 182 valence electrons. The number of hydrogen-bond donors (Lipinski definition) is 3. The Morgan fingerprint density at radius 3 is 2.47 bits per heavy atom. The third kappa shape index (κ3) is 9.40. The van der Waals surface area contributed by atoms with Gasteiger partial charge < -0.3 is 9.94 Å². The van der Waals surface area contributed by atoms with Gasteiger partial charge in [-0.3, -0.25) is 10.1 Å². The number of aromatic nitrogens is 1. The van der Waals surface area contributed by atoms with Gasteiger partial charge >= 0.3 is 5.97 Å². The lowest BCUT2D eigenvalue weighted by Gasteiger charge is -2.05. The average molecular weight is 524 g/mol. The molecule has 34 heavy (non-hydrogen) atoms. The van der Waals surface area contributed by atoms with Crippen molar-refractivity contribution in [1.29, 1.82) is 0 Å². The van der Waals surface area contributed by atoms with Gasteiger partial charge in [-0.2, -0.15) is 5.48 Å². The van der Waals surface area contributed by atoms with Crippen molar-refractivity contribution in [3.8, 4) is 0 Å². The van der Waals surface area contributed by atoms with Gasteiger partial charge in [-0.1, -0.05) is 84.6 Å². The number of carbonyl (C=O) groups excluding carboxylic acids is 1. The summed E-state index contributed by atoms with van der Waals surface area (Å²) in [7, 11) is 0. The molecular weight excluding hydrogens is 497 g/mol. The standard InChI is InChI=1S/C12H8Cl2N2O3S.C12H19NO/c1-5-9(11(18)19)20-12(15-5)16-10(17)7-3-2-6(13)4-8(7)14;1-2-3-7-10-14-13-11-12-8-5-4-6-9-12/h2-4H,1H3,(H,18,19)(H,15,16,17);4-6,8-9,13H,2-3,7,10-11H2,1H3. The molecule has 3 N–H and O–H groups in total. The van der Waals surface area contributed by atoms with Crippen molar-refractivity contribution in [2.45, 2.75) is 39.7 Å². The molecule has 0 fully saturated rings. The summed E-state index contributed by atoms with van der Waals surface area (Å²) in [4.78, 5) is 32.3. The van der Waals surface area contributed by atoms with Gasteiger partial charge in [0, 0.05) is 11.6 Å². The first-order valence-electron chi connectivity index (χ1n) is 10.7. The van der Waals surface area contributed by atoms with Crippen LogP contribution in [0.25, 0.3) is 0 Å². The number of hydrogen-bond acceptors (Lipinski definition) is 6. The van der Waals surface area contributed by atoms with Gasteiger partial charge in [-0.25, -0.2) is 9.78 Å². The molecule has 0 aliphatic rings. The van der Waals surface area contributed by atoms with Crippen LogP contribution >= 0.6 is 34.5 Å². The molecule has 0 saturated heterocycles. The van der Waals surface area contributed by atoms with Crippen LogP contribution in [0.1, 0.15) is 57.5 Å². The molecule has 1 amide bonds. The number of carboxylic acid groups (broad SMARTS) is 1. The number of carbonyl (C=O) groups is 2. The summed E-state index contributed by atoms with van der Waals surface area (Å²) >= 11 is 12.6. The molecule has 0 unspecified atom stereocenters. The van der Waals surface area contributed by atoms with Crippen molar-refractivity contribution in [2.75, 3.05) is 11.9 Å². The molecule has 0 bridgehead atoms. The molecule has 0 aliphatic heterocycles. The second-order valence-electron chi connectivity index (χ2n) is 7.18. The van der Waals surface area contributed by atoms with E-state index in [4.69, 9.17) is 33.1 Å². The summed E-state index contributed by atoms with van der Waals surface area (Å²) in [5, 5.41) is 12.3. The van der Waals surface area contributed by atoms with Crippen molar-refractivity contribution >= 4 is 51.5 Å². The van der Waals surface area contributed by atoms with Crippen molar-refractivity contribution in [1.82, 2.24) is 10.5 Å². The Morgan fingerprint density at radius 2 is 1.85 bits per heavy atom. The number of benzene rings is 2. The molecule has 2 aromatic carbocycles. The Kier molecular flexibility index (Phi) is 12.0. The minimum Gasteiger partial charge on any atom is -0.477 e. The summed E-state index contributed by atoms with van der Waals surface area (Å²) in [6.07, 6.45) is 3.62. The van der Waals surface area contributed by atoms with Crippen LogP contribution in [0, 0.1) is 6.92 Å². The van der Waals surface area contributed by atoms with Crippen molar-refractivity contribution in [2.24, 2.45) is 0 Å². The summed E-state index contributed by atoms with van der Waals surface area (Å²) in [6, 6.07) is 14.7. The summed E-state index contributed by atoms with van der Waals surface area (Å²) in [5.41, 5.74) is 4.80. The SMILES string of the molecule is CCCCCONCc1ccccc1.Cc1nc(NC(=O)c2ccc(Cl)cc2Cl)sc1C(=O)O. The van der Waals surface area contributed by atoms with Gasteiger partial charge in [0.05, 0.1) is 22.9 Å². The van der Waals surface area contributed by atoms with E-state index in [0.29, 0.717) is 10.7 Å². The largest absolute Gasteiger partial charge is 0.477 e. The molecule has 1 heterocycles. The summed E-state index contributed by atoms with van der Waals surface area (Å²) in [5.74, 6) is -1.55. The van der Waals surface area contributed by atoms with E-state index in [1.54, 1.807) is 6.92 Å². The van der Waals surface area contributed by atoms with E-state index >= 15 is 0 Å². The van der Waals surface area contributed by atoms with Gasteiger partial charge in [-0.15, -0.1) is 0 Å². The van der Waals surface area contributed by atoms with Crippen LogP contribution in [-0.2, 0) is 11.4 Å². The maximum absolute atomic E-state index is 12.0. The van der Waals surface area contributed by atoms with E-state index in [0.717, 1.165) is 30.9 Å². The molecule has 3 rings (SSSR count). The fourth-order valence-electron chi connectivity index (χ4n) is 2.71. The third-order valence-electron chi connectivity index (χ3n) is 4.46. The number of rotatable bonds is 10. The Morgan fingerprint density at radius 1 is 1.12 bits per heavy atom. The second kappa shape index (κ2) is 14.7. The van der Waals surface area contributed by atoms with E-state index < -0.39 is 11.9 Å². The van der Waals surface area contributed by atoms with Crippen LogP contribution in [0.4, 0.5) is 5.13 Å². The maximum Gasteiger partial charge on any atom is 0.347 e. The molecule has 3 aromatic rings. The number of aromatic carboxylic acids is 1. The summed E-state index contributed by atoms with van der Waals surface area (Å²) < 4.78 is 0.